The predicted octanol–water partition coefficient (Wildman–Crippen LogP) is 1.24. The lowest BCUT2D eigenvalue weighted by molar-refractivity contribution is -0.171. The number of carbonyl (C=O) groups excluding carboxylic acids is 3. The highest BCUT2D eigenvalue weighted by Gasteiger charge is 2.28. The highest BCUT2D eigenvalue weighted by Crippen LogP contribution is 2.13. The van der Waals surface area contributed by atoms with Gasteiger partial charge in [0.2, 0.25) is 6.10 Å². The van der Waals surface area contributed by atoms with Crippen molar-refractivity contribution < 1.29 is 33.8 Å². The number of ether oxygens (including phenoxy) is 2. The third-order valence-electron chi connectivity index (χ3n) is 2.19. The largest absolute Gasteiger partial charge is 0.478 e. The summed E-state index contributed by atoms with van der Waals surface area (Å²) in [5, 5.41) is 8.81. The molecule has 0 radical (unpaired) electrons. The van der Waals surface area contributed by atoms with Crippen LogP contribution in [0.4, 0.5) is 0 Å². The van der Waals surface area contributed by atoms with E-state index >= 15 is 0 Å². The summed E-state index contributed by atoms with van der Waals surface area (Å²) >= 11 is 0.947. The Morgan fingerprint density at radius 1 is 1.10 bits per heavy atom. The second kappa shape index (κ2) is 9.38. The van der Waals surface area contributed by atoms with Crippen LogP contribution in [0.25, 0.3) is 0 Å². The van der Waals surface area contributed by atoms with Crippen LogP contribution in [0.15, 0.2) is 0 Å². The Kier molecular flexibility index (Phi) is 8.68. The Morgan fingerprint density at radius 2 is 1.67 bits per heavy atom. The molecule has 8 heteroatoms. The van der Waals surface area contributed by atoms with Crippen LogP contribution in [0.1, 0.15) is 34.1 Å². The summed E-state index contributed by atoms with van der Waals surface area (Å²) in [4.78, 5) is 44.9. The second-order valence-corrected chi connectivity index (χ2v) is 5.91. The van der Waals surface area contributed by atoms with Crippen molar-refractivity contribution in [3.8, 4) is 0 Å². The fourth-order valence-corrected chi connectivity index (χ4v) is 1.83. The van der Waals surface area contributed by atoms with Gasteiger partial charge in [0, 0.05) is 12.7 Å². The van der Waals surface area contributed by atoms with Gasteiger partial charge in [-0.25, -0.2) is 4.79 Å². The van der Waals surface area contributed by atoms with Crippen LogP contribution in [0.2, 0.25) is 0 Å². The van der Waals surface area contributed by atoms with E-state index < -0.39 is 36.4 Å². The van der Waals surface area contributed by atoms with Gasteiger partial charge in [0.05, 0.1) is 18.4 Å². The maximum atomic E-state index is 11.7. The Balaban J connectivity index is 4.49. The van der Waals surface area contributed by atoms with Crippen molar-refractivity contribution in [2.45, 2.75) is 46.3 Å². The van der Waals surface area contributed by atoms with Gasteiger partial charge in [-0.2, -0.15) is 0 Å². The van der Waals surface area contributed by atoms with Crippen LogP contribution in [-0.4, -0.2) is 46.1 Å². The molecule has 0 rings (SSSR count). The van der Waals surface area contributed by atoms with Crippen molar-refractivity contribution in [1.82, 2.24) is 0 Å². The molecule has 0 spiro atoms. The molecule has 0 aliphatic heterocycles. The zero-order valence-corrected chi connectivity index (χ0v) is 13.3. The standard InChI is InChI=1S/C13H20O7S/c1-7(2)19-11(15)5-10(12(16)17)20-13(18)8(3)6-21-9(4)14/h7-8,10H,5-6H2,1-4H3,(H,16,17)/t8-,10?/m1/s1. The third kappa shape index (κ3) is 9.06. The minimum Gasteiger partial charge on any atom is -0.478 e. The maximum Gasteiger partial charge on any atom is 0.345 e. The van der Waals surface area contributed by atoms with E-state index in [0.717, 1.165) is 11.8 Å². The topological polar surface area (TPSA) is 107 Å². The molecule has 1 unspecified atom stereocenters. The van der Waals surface area contributed by atoms with Crippen LogP contribution in [0, 0.1) is 5.92 Å². The first-order chi connectivity index (χ1) is 9.63. The lowest BCUT2D eigenvalue weighted by atomic mass is 10.2. The fraction of sp³-hybridized carbons (Fsp3) is 0.692. The van der Waals surface area contributed by atoms with E-state index in [0.29, 0.717) is 0 Å². The van der Waals surface area contributed by atoms with E-state index in [1.54, 1.807) is 13.8 Å². The summed E-state index contributed by atoms with van der Waals surface area (Å²) in [7, 11) is 0. The van der Waals surface area contributed by atoms with E-state index in [1.807, 2.05) is 0 Å². The average molecular weight is 320 g/mol. The summed E-state index contributed by atoms with van der Waals surface area (Å²) in [5.74, 6) is -3.40. The SMILES string of the molecule is CC(=O)SC[C@@H](C)C(=O)OC(CC(=O)OC(C)C)C(=O)O. The normalized spacial score (nSPS) is 13.4. The van der Waals surface area contributed by atoms with Crippen LogP contribution < -0.4 is 0 Å². The zero-order chi connectivity index (χ0) is 16.6. The first-order valence-electron chi connectivity index (χ1n) is 6.39. The molecule has 0 amide bonds. The van der Waals surface area contributed by atoms with Crippen LogP contribution in [0.5, 0.6) is 0 Å². The lowest BCUT2D eigenvalue weighted by Gasteiger charge is -2.17. The molecule has 0 heterocycles. The molecule has 0 aliphatic rings. The Hall–Kier alpha value is -1.57. The van der Waals surface area contributed by atoms with Gasteiger partial charge >= 0.3 is 17.9 Å². The summed E-state index contributed by atoms with van der Waals surface area (Å²) in [5.41, 5.74) is 0. The number of thioether (sulfide) groups is 1. The molecule has 0 fully saturated rings. The van der Waals surface area contributed by atoms with Crippen molar-refractivity contribution in [2.75, 3.05) is 5.75 Å². The molecule has 2 atom stereocenters. The van der Waals surface area contributed by atoms with Crippen molar-refractivity contribution in [3.05, 3.63) is 0 Å². The molecule has 21 heavy (non-hydrogen) atoms. The summed E-state index contributed by atoms with van der Waals surface area (Å²) in [6, 6.07) is 0. The number of esters is 2. The molecule has 1 N–H and O–H groups in total. The molecule has 0 aliphatic carbocycles. The Labute approximate surface area is 127 Å². The van der Waals surface area contributed by atoms with Gasteiger partial charge in [0.15, 0.2) is 5.12 Å². The Morgan fingerprint density at radius 3 is 2.10 bits per heavy atom. The van der Waals surface area contributed by atoms with Gasteiger partial charge in [0.1, 0.15) is 0 Å². The van der Waals surface area contributed by atoms with Crippen LogP contribution >= 0.6 is 11.8 Å². The third-order valence-corrected chi connectivity index (χ3v) is 3.27. The van der Waals surface area contributed by atoms with Gasteiger partial charge in [-0.05, 0) is 13.8 Å². The van der Waals surface area contributed by atoms with Crippen molar-refractivity contribution in [3.63, 3.8) is 0 Å². The molecular formula is C13H20O7S. The molecule has 0 aromatic carbocycles. The number of rotatable bonds is 8. The van der Waals surface area contributed by atoms with Crippen molar-refractivity contribution >= 4 is 34.8 Å². The highest BCUT2D eigenvalue weighted by molar-refractivity contribution is 8.13. The molecule has 0 aromatic heterocycles. The second-order valence-electron chi connectivity index (χ2n) is 4.71. The van der Waals surface area contributed by atoms with E-state index in [2.05, 4.69) is 0 Å². The number of carboxylic acids is 1. The number of carbonyl (C=O) groups is 4. The van der Waals surface area contributed by atoms with Crippen molar-refractivity contribution in [1.29, 1.82) is 0 Å². The van der Waals surface area contributed by atoms with Crippen LogP contribution in [-0.2, 0) is 28.7 Å². The number of aliphatic carboxylic acids is 1. The Bertz CT molecular complexity index is 405. The number of carboxylic acid groups (broad SMARTS) is 1. The first-order valence-corrected chi connectivity index (χ1v) is 7.38. The lowest BCUT2D eigenvalue weighted by Crippen LogP contribution is -2.33. The minimum absolute atomic E-state index is 0.148. The van der Waals surface area contributed by atoms with Gasteiger partial charge in [-0.15, -0.1) is 0 Å². The van der Waals surface area contributed by atoms with Gasteiger partial charge < -0.3 is 14.6 Å². The summed E-state index contributed by atoms with van der Waals surface area (Å²) < 4.78 is 9.60. The first kappa shape index (κ1) is 19.4. The molecule has 0 saturated carbocycles. The monoisotopic (exact) mass is 320 g/mol. The number of hydrogen-bond donors (Lipinski definition) is 1. The molecule has 120 valence electrons. The molecule has 0 bridgehead atoms. The average Bonchev–Trinajstić information content (AvgIpc) is 2.33. The van der Waals surface area contributed by atoms with E-state index in [1.165, 1.54) is 13.8 Å². The van der Waals surface area contributed by atoms with Gasteiger partial charge in [0.25, 0.3) is 0 Å². The summed E-state index contributed by atoms with van der Waals surface area (Å²) in [6.07, 6.45) is -2.52. The smallest absolute Gasteiger partial charge is 0.345 e. The quantitative estimate of drug-likeness (QED) is 0.666. The summed E-state index contributed by atoms with van der Waals surface area (Å²) in [6.45, 7) is 6.13. The zero-order valence-electron chi connectivity index (χ0n) is 12.5. The predicted molar refractivity (Wildman–Crippen MR) is 75.7 cm³/mol. The van der Waals surface area contributed by atoms with Gasteiger partial charge in [-0.3, -0.25) is 14.4 Å². The molecule has 0 saturated heterocycles. The van der Waals surface area contributed by atoms with Crippen molar-refractivity contribution in [2.24, 2.45) is 5.92 Å². The maximum absolute atomic E-state index is 11.7. The number of hydrogen-bond acceptors (Lipinski definition) is 7. The van der Waals surface area contributed by atoms with Gasteiger partial charge in [-0.1, -0.05) is 18.7 Å². The minimum atomic E-state index is -1.59. The fourth-order valence-electron chi connectivity index (χ4n) is 1.21. The van der Waals surface area contributed by atoms with E-state index in [-0.39, 0.29) is 17.0 Å². The van der Waals surface area contributed by atoms with Crippen LogP contribution in [0.3, 0.4) is 0 Å². The molecule has 7 nitrogen and oxygen atoms in total. The highest BCUT2D eigenvalue weighted by atomic mass is 32.2. The molecular weight excluding hydrogens is 300 g/mol. The molecule has 0 aromatic rings. The van der Waals surface area contributed by atoms with E-state index in [9.17, 15) is 19.2 Å². The van der Waals surface area contributed by atoms with E-state index in [4.69, 9.17) is 14.6 Å².